The Balaban J connectivity index is 1.28. The van der Waals surface area contributed by atoms with Crippen molar-refractivity contribution in [3.05, 3.63) is 92.6 Å². The summed E-state index contributed by atoms with van der Waals surface area (Å²) in [5.41, 5.74) is 5.03. The second-order valence-electron chi connectivity index (χ2n) is 11.9. The smallest absolute Gasteiger partial charge is 0.320 e. The summed E-state index contributed by atoms with van der Waals surface area (Å²) in [6.07, 6.45) is 3.10. The maximum atomic E-state index is 13.2. The molecule has 2 atom stereocenters. The number of fused-ring (bicyclic) bond motifs is 1. The predicted molar refractivity (Wildman–Crippen MR) is 188 cm³/mol. The molecule has 3 aromatic heterocycles. The van der Waals surface area contributed by atoms with Gasteiger partial charge >= 0.3 is 5.97 Å². The van der Waals surface area contributed by atoms with Gasteiger partial charge in [0.05, 0.1) is 29.4 Å². The fourth-order valence-corrected chi connectivity index (χ4v) is 6.51. The molecule has 1 amide bonds. The van der Waals surface area contributed by atoms with Crippen molar-refractivity contribution in [2.75, 3.05) is 13.7 Å². The lowest BCUT2D eigenvalue weighted by Gasteiger charge is -2.15. The van der Waals surface area contributed by atoms with Crippen LogP contribution in [0, 0.1) is 0 Å². The summed E-state index contributed by atoms with van der Waals surface area (Å²) < 4.78 is 8.51. The number of rotatable bonds is 12. The fourth-order valence-electron chi connectivity index (χ4n) is 5.85. The van der Waals surface area contributed by atoms with E-state index in [9.17, 15) is 19.5 Å². The topological polar surface area (TPSA) is 152 Å². The van der Waals surface area contributed by atoms with Crippen molar-refractivity contribution in [1.29, 1.82) is 0 Å². The number of pyridine rings is 1. The van der Waals surface area contributed by atoms with Crippen molar-refractivity contribution < 1.29 is 19.4 Å². The maximum absolute atomic E-state index is 13.2. The van der Waals surface area contributed by atoms with Crippen molar-refractivity contribution in [2.45, 2.75) is 44.9 Å². The average Bonchev–Trinajstić information content (AvgIpc) is 3.72. The minimum absolute atomic E-state index is 0.0829. The number of carbonyl (C=O) groups excluding carboxylic acids is 1. The highest BCUT2D eigenvalue weighted by atomic mass is 35.5. The van der Waals surface area contributed by atoms with Crippen LogP contribution >= 0.6 is 23.2 Å². The van der Waals surface area contributed by atoms with E-state index >= 15 is 0 Å². The quantitative estimate of drug-likeness (QED) is 0.145. The third-order valence-corrected chi connectivity index (χ3v) is 9.48. The average molecular weight is 705 g/mol. The molecule has 5 aromatic rings. The van der Waals surface area contributed by atoms with Crippen LogP contribution < -0.4 is 26.2 Å². The summed E-state index contributed by atoms with van der Waals surface area (Å²) in [6.45, 7) is 2.80. The molecule has 0 aliphatic carbocycles. The third-order valence-electron chi connectivity index (χ3n) is 8.67. The van der Waals surface area contributed by atoms with E-state index in [-0.39, 0.29) is 24.1 Å². The molecule has 49 heavy (non-hydrogen) atoms. The van der Waals surface area contributed by atoms with Crippen molar-refractivity contribution in [1.82, 2.24) is 35.1 Å². The van der Waals surface area contributed by atoms with Crippen LogP contribution in [0.4, 0.5) is 0 Å². The van der Waals surface area contributed by atoms with Crippen LogP contribution in [-0.2, 0) is 29.7 Å². The molecule has 1 fully saturated rings. The Morgan fingerprint density at radius 1 is 1.06 bits per heavy atom. The highest BCUT2D eigenvalue weighted by Crippen LogP contribution is 2.42. The molecule has 6 rings (SSSR count). The van der Waals surface area contributed by atoms with Crippen LogP contribution in [-0.4, -0.2) is 61.9 Å². The molecule has 0 spiro atoms. The van der Waals surface area contributed by atoms with Gasteiger partial charge in [-0.3, -0.25) is 24.3 Å². The summed E-state index contributed by atoms with van der Waals surface area (Å²) in [6, 6.07) is 16.2. The number of amides is 1. The van der Waals surface area contributed by atoms with E-state index in [0.29, 0.717) is 80.3 Å². The molecule has 4 N–H and O–H groups in total. The standard InChI is InChI=1S/C35H35Cl2N7O5/c1-19(35(47)48)39-17-29-42-44-18-21(14-28(44)34(46)43(29)2)23-6-4-7-24(31(23)36)25-8-5-9-26(32(25)37)27-12-10-20(33(41-27)49-3)15-38-16-22-11-13-30(45)40-22/h4-10,12,14,18-19,22,38-39H,11,13,15-17H2,1-3H3,(H,40,45)(H,47,48)/t19-,22-/m0/s1. The molecule has 14 heteroatoms. The zero-order valence-corrected chi connectivity index (χ0v) is 28.6. The number of hydrogen-bond donors (Lipinski definition) is 4. The number of carboxylic acid groups (broad SMARTS) is 1. The molecule has 1 aliphatic heterocycles. The number of benzene rings is 2. The number of carboxylic acids is 1. The minimum Gasteiger partial charge on any atom is -0.481 e. The van der Waals surface area contributed by atoms with Gasteiger partial charge in [0.15, 0.2) is 0 Å². The highest BCUT2D eigenvalue weighted by Gasteiger charge is 2.21. The summed E-state index contributed by atoms with van der Waals surface area (Å²) >= 11 is 14.1. The largest absolute Gasteiger partial charge is 0.481 e. The molecule has 0 bridgehead atoms. The number of carbonyl (C=O) groups is 2. The monoisotopic (exact) mass is 703 g/mol. The van der Waals surface area contributed by atoms with Gasteiger partial charge < -0.3 is 20.5 Å². The maximum Gasteiger partial charge on any atom is 0.320 e. The van der Waals surface area contributed by atoms with Crippen molar-refractivity contribution in [3.8, 4) is 39.4 Å². The van der Waals surface area contributed by atoms with Gasteiger partial charge in [0.25, 0.3) is 5.56 Å². The van der Waals surface area contributed by atoms with E-state index < -0.39 is 12.0 Å². The summed E-state index contributed by atoms with van der Waals surface area (Å²) in [4.78, 5) is 40.7. The lowest BCUT2D eigenvalue weighted by molar-refractivity contribution is -0.139. The van der Waals surface area contributed by atoms with E-state index in [1.54, 1.807) is 26.4 Å². The molecule has 4 heterocycles. The Bertz CT molecular complexity index is 2130. The first kappa shape index (κ1) is 34.1. The van der Waals surface area contributed by atoms with Crippen LogP contribution in [0.1, 0.15) is 31.2 Å². The Morgan fingerprint density at radius 3 is 2.43 bits per heavy atom. The SMILES string of the molecule is COc1nc(-c2cccc(-c3cccc(-c4cc5c(=O)n(C)c(CN[C@@H](C)C(=O)O)nn5c4)c3Cl)c2Cl)ccc1CNC[C@@H]1CCC(=O)N1. The molecule has 12 nitrogen and oxygen atoms in total. The highest BCUT2D eigenvalue weighted by molar-refractivity contribution is 6.39. The number of nitrogens with one attached hydrogen (secondary N) is 3. The first-order chi connectivity index (χ1) is 23.5. The Kier molecular flexibility index (Phi) is 10.0. The number of hydrogen-bond acceptors (Lipinski definition) is 8. The van der Waals surface area contributed by atoms with Gasteiger partial charge in [0, 0.05) is 72.2 Å². The zero-order valence-electron chi connectivity index (χ0n) is 27.1. The van der Waals surface area contributed by atoms with Crippen LogP contribution in [0.2, 0.25) is 10.0 Å². The minimum atomic E-state index is -1.000. The summed E-state index contributed by atoms with van der Waals surface area (Å²) in [7, 11) is 3.17. The van der Waals surface area contributed by atoms with E-state index in [1.807, 2.05) is 48.5 Å². The number of ether oxygens (including phenoxy) is 1. The molecule has 2 aromatic carbocycles. The molecule has 0 unspecified atom stereocenters. The van der Waals surface area contributed by atoms with Gasteiger partial charge in [-0.15, -0.1) is 0 Å². The normalized spacial score (nSPS) is 15.0. The van der Waals surface area contributed by atoms with Gasteiger partial charge in [-0.2, -0.15) is 5.10 Å². The van der Waals surface area contributed by atoms with Gasteiger partial charge in [0.2, 0.25) is 11.8 Å². The van der Waals surface area contributed by atoms with Crippen LogP contribution in [0.3, 0.4) is 0 Å². The van der Waals surface area contributed by atoms with Gasteiger partial charge in [-0.25, -0.2) is 9.50 Å². The fraction of sp³-hybridized carbons (Fsp3) is 0.286. The van der Waals surface area contributed by atoms with Crippen LogP contribution in [0.5, 0.6) is 5.88 Å². The van der Waals surface area contributed by atoms with E-state index in [1.165, 1.54) is 16.0 Å². The van der Waals surface area contributed by atoms with E-state index in [4.69, 9.17) is 32.9 Å². The predicted octanol–water partition coefficient (Wildman–Crippen LogP) is 4.68. The van der Waals surface area contributed by atoms with Crippen LogP contribution in [0.15, 0.2) is 65.6 Å². The first-order valence-electron chi connectivity index (χ1n) is 15.7. The number of aliphatic carboxylic acids is 1. The second kappa shape index (κ2) is 14.4. The molecule has 0 radical (unpaired) electrons. The van der Waals surface area contributed by atoms with Crippen molar-refractivity contribution >= 4 is 40.6 Å². The van der Waals surface area contributed by atoms with Gasteiger partial charge in [-0.1, -0.05) is 65.7 Å². The lowest BCUT2D eigenvalue weighted by atomic mass is 9.97. The Hall–Kier alpha value is -4.75. The Morgan fingerprint density at radius 2 is 1.76 bits per heavy atom. The molecule has 254 valence electrons. The summed E-state index contributed by atoms with van der Waals surface area (Å²) in [5.74, 6) is -0.0672. The van der Waals surface area contributed by atoms with E-state index in [2.05, 4.69) is 21.0 Å². The first-order valence-corrected chi connectivity index (χ1v) is 16.5. The molecular formula is C35H35Cl2N7O5. The molecule has 1 aliphatic rings. The van der Waals surface area contributed by atoms with Crippen molar-refractivity contribution in [3.63, 3.8) is 0 Å². The van der Waals surface area contributed by atoms with Crippen molar-refractivity contribution in [2.24, 2.45) is 7.05 Å². The lowest BCUT2D eigenvalue weighted by Crippen LogP contribution is -2.36. The van der Waals surface area contributed by atoms with Gasteiger partial charge in [0.1, 0.15) is 17.4 Å². The zero-order chi connectivity index (χ0) is 34.8. The van der Waals surface area contributed by atoms with Gasteiger partial charge in [-0.05, 0) is 25.5 Å². The summed E-state index contributed by atoms with van der Waals surface area (Å²) in [5, 5.41) is 23.9. The Labute approximate surface area is 292 Å². The number of halogens is 2. The van der Waals surface area contributed by atoms with E-state index in [0.717, 1.165) is 12.0 Å². The molecule has 1 saturated heterocycles. The third kappa shape index (κ3) is 7.04. The molecule has 0 saturated carbocycles. The number of aromatic nitrogens is 4. The molecular weight excluding hydrogens is 669 g/mol. The number of nitrogens with zero attached hydrogens (tertiary/aromatic N) is 4. The van der Waals surface area contributed by atoms with Crippen LogP contribution in [0.25, 0.3) is 39.0 Å². The number of methoxy groups -OCH3 is 1. The second-order valence-corrected chi connectivity index (χ2v) is 12.7.